The maximum atomic E-state index is 8.83. The zero-order valence-electron chi connectivity index (χ0n) is 10.2. The van der Waals surface area contributed by atoms with Gasteiger partial charge in [-0.1, -0.05) is 12.1 Å². The molecule has 0 bridgehead atoms. The SMILES string of the molecule is CCN(CC)c1ccc(C(N)CCO)cc1. The lowest BCUT2D eigenvalue weighted by Crippen LogP contribution is -2.21. The van der Waals surface area contributed by atoms with Crippen LogP contribution in [0.2, 0.25) is 0 Å². The van der Waals surface area contributed by atoms with Gasteiger partial charge in [-0.15, -0.1) is 0 Å². The number of anilines is 1. The third kappa shape index (κ3) is 3.22. The van der Waals surface area contributed by atoms with Crippen LogP contribution in [0.1, 0.15) is 31.9 Å². The summed E-state index contributed by atoms with van der Waals surface area (Å²) in [6, 6.07) is 8.23. The largest absolute Gasteiger partial charge is 0.396 e. The van der Waals surface area contributed by atoms with E-state index in [1.54, 1.807) is 0 Å². The second kappa shape index (κ2) is 6.51. The van der Waals surface area contributed by atoms with Crippen LogP contribution in [0.25, 0.3) is 0 Å². The second-order valence-corrected chi connectivity index (χ2v) is 3.88. The lowest BCUT2D eigenvalue weighted by atomic mass is 10.0. The van der Waals surface area contributed by atoms with Gasteiger partial charge in [-0.2, -0.15) is 0 Å². The fourth-order valence-electron chi connectivity index (χ4n) is 1.83. The molecule has 1 aromatic rings. The van der Waals surface area contributed by atoms with E-state index in [4.69, 9.17) is 10.8 Å². The fourth-order valence-corrected chi connectivity index (χ4v) is 1.83. The Kier molecular flexibility index (Phi) is 5.29. The Morgan fingerprint density at radius 3 is 2.19 bits per heavy atom. The molecule has 0 saturated carbocycles. The Balaban J connectivity index is 2.74. The van der Waals surface area contributed by atoms with Crippen LogP contribution in [0.15, 0.2) is 24.3 Å². The lowest BCUT2D eigenvalue weighted by molar-refractivity contribution is 0.276. The van der Waals surface area contributed by atoms with E-state index >= 15 is 0 Å². The van der Waals surface area contributed by atoms with E-state index in [0.29, 0.717) is 6.42 Å². The molecule has 90 valence electrons. The van der Waals surface area contributed by atoms with Gasteiger partial charge in [0, 0.05) is 31.4 Å². The predicted molar refractivity (Wildman–Crippen MR) is 68.6 cm³/mol. The number of benzene rings is 1. The molecule has 1 aromatic carbocycles. The number of aliphatic hydroxyl groups excluding tert-OH is 1. The van der Waals surface area contributed by atoms with Gasteiger partial charge in [0.1, 0.15) is 0 Å². The molecule has 0 saturated heterocycles. The molecule has 0 spiro atoms. The van der Waals surface area contributed by atoms with Gasteiger partial charge in [0.25, 0.3) is 0 Å². The Hall–Kier alpha value is -1.06. The lowest BCUT2D eigenvalue weighted by Gasteiger charge is -2.21. The smallest absolute Gasteiger partial charge is 0.0449 e. The van der Waals surface area contributed by atoms with Crippen LogP contribution in [-0.2, 0) is 0 Å². The molecule has 16 heavy (non-hydrogen) atoms. The minimum atomic E-state index is -0.0595. The van der Waals surface area contributed by atoms with Crippen molar-refractivity contribution in [1.82, 2.24) is 0 Å². The Bertz CT molecular complexity index is 293. The summed E-state index contributed by atoms with van der Waals surface area (Å²) in [6.45, 7) is 6.46. The van der Waals surface area contributed by atoms with Crippen molar-refractivity contribution in [2.45, 2.75) is 26.3 Å². The van der Waals surface area contributed by atoms with Crippen molar-refractivity contribution in [3.63, 3.8) is 0 Å². The zero-order chi connectivity index (χ0) is 12.0. The van der Waals surface area contributed by atoms with E-state index in [-0.39, 0.29) is 12.6 Å². The predicted octanol–water partition coefficient (Wildman–Crippen LogP) is 1.92. The van der Waals surface area contributed by atoms with Crippen molar-refractivity contribution in [3.05, 3.63) is 29.8 Å². The molecule has 1 unspecified atom stereocenters. The third-order valence-corrected chi connectivity index (χ3v) is 2.89. The maximum Gasteiger partial charge on any atom is 0.0449 e. The first-order valence-corrected chi connectivity index (χ1v) is 5.94. The van der Waals surface area contributed by atoms with Gasteiger partial charge in [0.05, 0.1) is 0 Å². The molecule has 0 aliphatic heterocycles. The molecule has 0 fully saturated rings. The van der Waals surface area contributed by atoms with Crippen molar-refractivity contribution < 1.29 is 5.11 Å². The van der Waals surface area contributed by atoms with Gasteiger partial charge < -0.3 is 15.7 Å². The first-order valence-electron chi connectivity index (χ1n) is 5.94. The molecular weight excluding hydrogens is 200 g/mol. The molecule has 3 nitrogen and oxygen atoms in total. The van der Waals surface area contributed by atoms with Crippen LogP contribution in [0, 0.1) is 0 Å². The van der Waals surface area contributed by atoms with Gasteiger partial charge in [0.15, 0.2) is 0 Å². The Morgan fingerprint density at radius 2 is 1.75 bits per heavy atom. The summed E-state index contributed by atoms with van der Waals surface area (Å²) >= 11 is 0. The number of nitrogens with zero attached hydrogens (tertiary/aromatic N) is 1. The minimum Gasteiger partial charge on any atom is -0.396 e. The van der Waals surface area contributed by atoms with Crippen molar-refractivity contribution in [3.8, 4) is 0 Å². The number of hydrogen-bond donors (Lipinski definition) is 2. The number of hydrogen-bond acceptors (Lipinski definition) is 3. The Labute approximate surface area is 97.9 Å². The van der Waals surface area contributed by atoms with Crippen LogP contribution < -0.4 is 10.6 Å². The summed E-state index contributed by atoms with van der Waals surface area (Å²) in [5.41, 5.74) is 8.24. The van der Waals surface area contributed by atoms with Crippen molar-refractivity contribution in [2.75, 3.05) is 24.6 Å². The molecule has 0 aromatic heterocycles. The molecule has 0 radical (unpaired) electrons. The van der Waals surface area contributed by atoms with Gasteiger partial charge in [-0.25, -0.2) is 0 Å². The standard InChI is InChI=1S/C13H22N2O/c1-3-15(4-2)12-7-5-11(6-8-12)13(14)9-10-16/h5-8,13,16H,3-4,9-10,14H2,1-2H3. The van der Waals surface area contributed by atoms with E-state index < -0.39 is 0 Å². The van der Waals surface area contributed by atoms with E-state index in [0.717, 1.165) is 18.7 Å². The average Bonchev–Trinajstić information content (AvgIpc) is 2.32. The molecule has 0 heterocycles. The molecule has 0 aliphatic carbocycles. The van der Waals surface area contributed by atoms with E-state index in [9.17, 15) is 0 Å². The van der Waals surface area contributed by atoms with Gasteiger partial charge in [0.2, 0.25) is 0 Å². The van der Waals surface area contributed by atoms with Crippen LogP contribution in [0.4, 0.5) is 5.69 Å². The van der Waals surface area contributed by atoms with Gasteiger partial charge in [-0.3, -0.25) is 0 Å². The van der Waals surface area contributed by atoms with Crippen LogP contribution >= 0.6 is 0 Å². The van der Waals surface area contributed by atoms with E-state index in [1.807, 2.05) is 12.1 Å². The van der Waals surface area contributed by atoms with Gasteiger partial charge in [-0.05, 0) is 38.0 Å². The van der Waals surface area contributed by atoms with Crippen LogP contribution in [0.5, 0.6) is 0 Å². The molecule has 1 rings (SSSR count). The van der Waals surface area contributed by atoms with Gasteiger partial charge >= 0.3 is 0 Å². The molecule has 3 N–H and O–H groups in total. The monoisotopic (exact) mass is 222 g/mol. The first kappa shape index (κ1) is 13.0. The highest BCUT2D eigenvalue weighted by atomic mass is 16.3. The summed E-state index contributed by atoms with van der Waals surface area (Å²) < 4.78 is 0. The molecular formula is C13H22N2O. The highest BCUT2D eigenvalue weighted by Gasteiger charge is 2.06. The number of nitrogens with two attached hydrogens (primary N) is 1. The van der Waals surface area contributed by atoms with Crippen molar-refractivity contribution >= 4 is 5.69 Å². The summed E-state index contributed by atoms with van der Waals surface area (Å²) in [6.07, 6.45) is 0.616. The topological polar surface area (TPSA) is 49.5 Å². The quantitative estimate of drug-likeness (QED) is 0.773. The number of rotatable bonds is 6. The molecule has 0 amide bonds. The Morgan fingerprint density at radius 1 is 1.19 bits per heavy atom. The molecule has 1 atom stereocenters. The zero-order valence-corrected chi connectivity index (χ0v) is 10.2. The third-order valence-electron chi connectivity index (χ3n) is 2.89. The van der Waals surface area contributed by atoms with E-state index in [2.05, 4.69) is 30.9 Å². The summed E-state index contributed by atoms with van der Waals surface area (Å²) in [4.78, 5) is 2.29. The van der Waals surface area contributed by atoms with Crippen LogP contribution in [0.3, 0.4) is 0 Å². The van der Waals surface area contributed by atoms with E-state index in [1.165, 1.54) is 5.69 Å². The summed E-state index contributed by atoms with van der Waals surface area (Å²) in [5, 5.41) is 8.83. The van der Waals surface area contributed by atoms with Crippen LogP contribution in [-0.4, -0.2) is 24.8 Å². The fraction of sp³-hybridized carbons (Fsp3) is 0.538. The first-order chi connectivity index (χ1) is 7.72. The van der Waals surface area contributed by atoms with Crippen molar-refractivity contribution in [2.24, 2.45) is 5.73 Å². The minimum absolute atomic E-state index is 0.0595. The normalized spacial score (nSPS) is 12.5. The number of aliphatic hydroxyl groups is 1. The molecule has 0 aliphatic rings. The average molecular weight is 222 g/mol. The maximum absolute atomic E-state index is 8.83. The highest BCUT2D eigenvalue weighted by Crippen LogP contribution is 2.19. The summed E-state index contributed by atoms with van der Waals surface area (Å²) in [5.74, 6) is 0. The molecule has 3 heteroatoms. The highest BCUT2D eigenvalue weighted by molar-refractivity contribution is 5.47. The second-order valence-electron chi connectivity index (χ2n) is 3.88. The van der Waals surface area contributed by atoms with Crippen molar-refractivity contribution in [1.29, 1.82) is 0 Å². The summed E-state index contributed by atoms with van der Waals surface area (Å²) in [7, 11) is 0.